The minimum Gasteiger partial charge on any atom is -0.451 e. The largest absolute Gasteiger partial charge is 0.451 e. The fraction of sp³-hybridized carbons (Fsp3) is 0.250. The van der Waals surface area contributed by atoms with Crippen molar-refractivity contribution in [2.45, 2.75) is 27.3 Å². The number of rotatable bonds is 3. The van der Waals surface area contributed by atoms with Crippen molar-refractivity contribution in [3.05, 3.63) is 70.5 Å². The smallest absolute Gasteiger partial charge is 0.289 e. The Morgan fingerprint density at radius 3 is 2.39 bits per heavy atom. The van der Waals surface area contributed by atoms with Crippen LogP contribution in [0.1, 0.15) is 32.8 Å². The molecule has 0 saturated carbocycles. The van der Waals surface area contributed by atoms with Gasteiger partial charge >= 0.3 is 0 Å². The summed E-state index contributed by atoms with van der Waals surface area (Å²) in [5, 5.41) is 1.02. The van der Waals surface area contributed by atoms with Crippen molar-refractivity contribution >= 4 is 16.9 Å². The molecule has 1 aromatic heterocycles. The van der Waals surface area contributed by atoms with Crippen molar-refractivity contribution in [1.82, 2.24) is 4.90 Å². The predicted octanol–water partition coefficient (Wildman–Crippen LogP) is 4.63. The van der Waals surface area contributed by atoms with Crippen LogP contribution in [0.25, 0.3) is 11.0 Å². The molecule has 0 bridgehead atoms. The van der Waals surface area contributed by atoms with Gasteiger partial charge in [-0.3, -0.25) is 4.79 Å². The second-order valence-electron chi connectivity index (χ2n) is 6.14. The molecule has 0 saturated heterocycles. The number of carbonyl (C=O) groups excluding carboxylic acids is 1. The molecule has 118 valence electrons. The number of carbonyl (C=O) groups is 1. The standard InChI is InChI=1S/C20H21NO2/c1-13-10-17-15(3)19(23-18(17)11-14(13)2)20(22)21(4)12-16-8-6-5-7-9-16/h5-11H,12H2,1-4H3. The molecule has 0 spiro atoms. The van der Waals surface area contributed by atoms with Gasteiger partial charge in [0.1, 0.15) is 5.58 Å². The van der Waals surface area contributed by atoms with Crippen LogP contribution < -0.4 is 0 Å². The van der Waals surface area contributed by atoms with Gasteiger partial charge in [0.05, 0.1) is 0 Å². The summed E-state index contributed by atoms with van der Waals surface area (Å²) in [5.41, 5.74) is 5.17. The lowest BCUT2D eigenvalue weighted by Gasteiger charge is -2.16. The first-order valence-electron chi connectivity index (χ1n) is 7.77. The Morgan fingerprint density at radius 1 is 1.04 bits per heavy atom. The van der Waals surface area contributed by atoms with Crippen LogP contribution in [0.4, 0.5) is 0 Å². The molecule has 3 aromatic rings. The van der Waals surface area contributed by atoms with Crippen molar-refractivity contribution < 1.29 is 9.21 Å². The first-order chi connectivity index (χ1) is 11.0. The fourth-order valence-corrected chi connectivity index (χ4v) is 2.78. The molecule has 2 aromatic carbocycles. The Labute approximate surface area is 136 Å². The van der Waals surface area contributed by atoms with Gasteiger partial charge in [-0.1, -0.05) is 30.3 Å². The van der Waals surface area contributed by atoms with E-state index < -0.39 is 0 Å². The number of hydrogen-bond acceptors (Lipinski definition) is 2. The first-order valence-corrected chi connectivity index (χ1v) is 7.77. The number of furan rings is 1. The topological polar surface area (TPSA) is 33.5 Å². The molecule has 0 aliphatic carbocycles. The summed E-state index contributed by atoms with van der Waals surface area (Å²) in [6.45, 7) is 6.64. The molecule has 0 fully saturated rings. The molecule has 0 aliphatic heterocycles. The molecule has 3 nitrogen and oxygen atoms in total. The van der Waals surface area contributed by atoms with E-state index in [9.17, 15) is 4.79 Å². The minimum atomic E-state index is -0.0853. The van der Waals surface area contributed by atoms with Gasteiger partial charge < -0.3 is 9.32 Å². The third kappa shape index (κ3) is 2.87. The van der Waals surface area contributed by atoms with Crippen LogP contribution in [-0.4, -0.2) is 17.9 Å². The van der Waals surface area contributed by atoms with Crippen LogP contribution in [0.5, 0.6) is 0 Å². The van der Waals surface area contributed by atoms with E-state index in [-0.39, 0.29) is 5.91 Å². The lowest BCUT2D eigenvalue weighted by Crippen LogP contribution is -2.26. The van der Waals surface area contributed by atoms with Gasteiger partial charge in [0.15, 0.2) is 5.76 Å². The normalized spacial score (nSPS) is 11.0. The van der Waals surface area contributed by atoms with Gasteiger partial charge in [0, 0.05) is 24.5 Å². The monoisotopic (exact) mass is 307 g/mol. The highest BCUT2D eigenvalue weighted by atomic mass is 16.3. The van der Waals surface area contributed by atoms with E-state index in [0.717, 1.165) is 22.1 Å². The van der Waals surface area contributed by atoms with Gasteiger partial charge in [-0.2, -0.15) is 0 Å². The van der Waals surface area contributed by atoms with E-state index in [1.807, 2.05) is 43.3 Å². The Hall–Kier alpha value is -2.55. The van der Waals surface area contributed by atoms with E-state index in [1.165, 1.54) is 11.1 Å². The maximum Gasteiger partial charge on any atom is 0.289 e. The lowest BCUT2D eigenvalue weighted by atomic mass is 10.0. The molecular formula is C20H21NO2. The zero-order chi connectivity index (χ0) is 16.6. The van der Waals surface area contributed by atoms with E-state index in [2.05, 4.69) is 19.9 Å². The van der Waals surface area contributed by atoms with Gasteiger partial charge in [-0.25, -0.2) is 0 Å². The Balaban J connectivity index is 1.93. The van der Waals surface area contributed by atoms with Crippen LogP contribution in [0.15, 0.2) is 46.9 Å². The number of benzene rings is 2. The molecule has 0 aliphatic rings. The first kappa shape index (κ1) is 15.3. The maximum absolute atomic E-state index is 12.7. The molecule has 0 N–H and O–H groups in total. The zero-order valence-corrected chi connectivity index (χ0v) is 14.0. The number of fused-ring (bicyclic) bond motifs is 1. The molecular weight excluding hydrogens is 286 g/mol. The molecule has 0 unspecified atom stereocenters. The van der Waals surface area contributed by atoms with Gasteiger partial charge in [-0.05, 0) is 49.6 Å². The summed E-state index contributed by atoms with van der Waals surface area (Å²) < 4.78 is 5.86. The highest BCUT2D eigenvalue weighted by Crippen LogP contribution is 2.28. The molecule has 1 heterocycles. The van der Waals surface area contributed by atoms with Gasteiger partial charge in [-0.15, -0.1) is 0 Å². The highest BCUT2D eigenvalue weighted by molar-refractivity contribution is 5.99. The fourth-order valence-electron chi connectivity index (χ4n) is 2.78. The maximum atomic E-state index is 12.7. The van der Waals surface area contributed by atoms with Gasteiger partial charge in [0.25, 0.3) is 5.91 Å². The van der Waals surface area contributed by atoms with E-state index in [0.29, 0.717) is 12.3 Å². The summed E-state index contributed by atoms with van der Waals surface area (Å²) in [6, 6.07) is 14.1. The van der Waals surface area contributed by atoms with E-state index >= 15 is 0 Å². The van der Waals surface area contributed by atoms with Crippen LogP contribution in [-0.2, 0) is 6.54 Å². The highest BCUT2D eigenvalue weighted by Gasteiger charge is 2.21. The second kappa shape index (κ2) is 5.92. The average molecular weight is 307 g/mol. The summed E-state index contributed by atoms with van der Waals surface area (Å²) >= 11 is 0. The summed E-state index contributed by atoms with van der Waals surface area (Å²) in [5.74, 6) is 0.348. The summed E-state index contributed by atoms with van der Waals surface area (Å²) in [7, 11) is 1.80. The average Bonchev–Trinajstić information content (AvgIpc) is 2.84. The number of amides is 1. The van der Waals surface area contributed by atoms with Crippen molar-refractivity contribution in [3.8, 4) is 0 Å². The lowest BCUT2D eigenvalue weighted by molar-refractivity contribution is 0.0755. The van der Waals surface area contributed by atoms with E-state index in [1.54, 1.807) is 11.9 Å². The molecule has 3 heteroatoms. The molecule has 0 atom stereocenters. The SMILES string of the molecule is Cc1cc2oc(C(=O)N(C)Cc3ccccc3)c(C)c2cc1C. The van der Waals surface area contributed by atoms with Gasteiger partial charge in [0.2, 0.25) is 0 Å². The van der Waals surface area contributed by atoms with Crippen LogP contribution >= 0.6 is 0 Å². The number of nitrogens with zero attached hydrogens (tertiary/aromatic N) is 1. The third-order valence-corrected chi connectivity index (χ3v) is 4.36. The van der Waals surface area contributed by atoms with Crippen LogP contribution in [0, 0.1) is 20.8 Å². The van der Waals surface area contributed by atoms with Crippen LogP contribution in [0.2, 0.25) is 0 Å². The third-order valence-electron chi connectivity index (χ3n) is 4.36. The van der Waals surface area contributed by atoms with Crippen molar-refractivity contribution in [2.75, 3.05) is 7.05 Å². The van der Waals surface area contributed by atoms with Crippen molar-refractivity contribution in [1.29, 1.82) is 0 Å². The zero-order valence-electron chi connectivity index (χ0n) is 14.0. The Kier molecular flexibility index (Phi) is 3.95. The Morgan fingerprint density at radius 2 is 1.70 bits per heavy atom. The summed E-state index contributed by atoms with van der Waals surface area (Å²) in [4.78, 5) is 14.4. The predicted molar refractivity (Wildman–Crippen MR) is 92.7 cm³/mol. The Bertz CT molecular complexity index is 862. The molecule has 3 rings (SSSR count). The van der Waals surface area contributed by atoms with Crippen molar-refractivity contribution in [3.63, 3.8) is 0 Å². The molecule has 1 amide bonds. The van der Waals surface area contributed by atoms with Crippen molar-refractivity contribution in [2.24, 2.45) is 0 Å². The minimum absolute atomic E-state index is 0.0853. The molecule has 0 radical (unpaired) electrons. The number of aryl methyl sites for hydroxylation is 3. The number of hydrogen-bond donors (Lipinski definition) is 0. The van der Waals surface area contributed by atoms with E-state index in [4.69, 9.17) is 4.42 Å². The second-order valence-corrected chi connectivity index (χ2v) is 6.14. The summed E-state index contributed by atoms with van der Waals surface area (Å²) in [6.07, 6.45) is 0. The van der Waals surface area contributed by atoms with Crippen LogP contribution in [0.3, 0.4) is 0 Å². The molecule has 23 heavy (non-hydrogen) atoms. The quantitative estimate of drug-likeness (QED) is 0.707.